The molecule has 2 nitrogen and oxygen atoms in total. The highest BCUT2D eigenvalue weighted by Crippen LogP contribution is 2.24. The fourth-order valence-corrected chi connectivity index (χ4v) is 1.74. The Morgan fingerprint density at radius 2 is 2.27 bits per heavy atom. The van der Waals surface area contributed by atoms with Gasteiger partial charge in [-0.3, -0.25) is 0 Å². The molecule has 0 saturated carbocycles. The molecular weight excluding hydrogens is 158 g/mol. The van der Waals surface area contributed by atoms with Gasteiger partial charge in [-0.15, -0.1) is 11.3 Å². The second-order valence-corrected chi connectivity index (χ2v) is 4.27. The fourth-order valence-electron chi connectivity index (χ4n) is 0.819. The molecule has 11 heavy (non-hydrogen) atoms. The zero-order valence-electron chi connectivity index (χ0n) is 6.79. The molecule has 1 atom stereocenters. The molecule has 3 heteroatoms. The van der Waals surface area contributed by atoms with Gasteiger partial charge in [-0.05, 0) is 26.0 Å². The van der Waals surface area contributed by atoms with Gasteiger partial charge in [-0.25, -0.2) is 0 Å². The van der Waals surface area contributed by atoms with Gasteiger partial charge in [0.15, 0.2) is 0 Å². The van der Waals surface area contributed by atoms with Crippen molar-refractivity contribution in [1.29, 1.82) is 0 Å². The maximum absolute atomic E-state index is 8.94. The molecule has 0 aliphatic rings. The number of hydrogen-bond donors (Lipinski definition) is 2. The maximum atomic E-state index is 8.94. The van der Waals surface area contributed by atoms with Gasteiger partial charge in [0.25, 0.3) is 0 Å². The van der Waals surface area contributed by atoms with E-state index in [1.165, 1.54) is 4.88 Å². The lowest BCUT2D eigenvalue weighted by atomic mass is 10.0. The van der Waals surface area contributed by atoms with Gasteiger partial charge in [0.05, 0.1) is 12.1 Å². The van der Waals surface area contributed by atoms with E-state index in [-0.39, 0.29) is 6.61 Å². The van der Waals surface area contributed by atoms with Gasteiger partial charge in [-0.2, -0.15) is 0 Å². The van der Waals surface area contributed by atoms with Crippen LogP contribution in [0.2, 0.25) is 0 Å². The summed E-state index contributed by atoms with van der Waals surface area (Å²) in [6.07, 6.45) is 0. The van der Waals surface area contributed by atoms with Crippen molar-refractivity contribution in [2.45, 2.75) is 19.4 Å². The molecule has 1 heterocycles. The third-order valence-corrected chi connectivity index (χ3v) is 2.91. The molecule has 0 amide bonds. The quantitative estimate of drug-likeness (QED) is 0.703. The van der Waals surface area contributed by atoms with Crippen molar-refractivity contribution < 1.29 is 5.11 Å². The highest BCUT2D eigenvalue weighted by Gasteiger charge is 2.21. The number of hydrogen-bond acceptors (Lipinski definition) is 3. The Kier molecular flexibility index (Phi) is 2.32. The minimum Gasteiger partial charge on any atom is -0.394 e. The second kappa shape index (κ2) is 2.93. The van der Waals surface area contributed by atoms with Gasteiger partial charge in [0, 0.05) is 9.75 Å². The van der Waals surface area contributed by atoms with E-state index >= 15 is 0 Å². The monoisotopic (exact) mass is 171 g/mol. The van der Waals surface area contributed by atoms with E-state index < -0.39 is 5.54 Å². The highest BCUT2D eigenvalue weighted by atomic mass is 32.1. The molecule has 0 radical (unpaired) electrons. The van der Waals surface area contributed by atoms with E-state index in [0.717, 1.165) is 4.88 Å². The van der Waals surface area contributed by atoms with Gasteiger partial charge >= 0.3 is 0 Å². The normalized spacial score (nSPS) is 16.4. The van der Waals surface area contributed by atoms with Gasteiger partial charge in [0.1, 0.15) is 0 Å². The van der Waals surface area contributed by atoms with Crippen molar-refractivity contribution in [2.24, 2.45) is 5.73 Å². The Labute approximate surface area is 70.7 Å². The predicted octanol–water partition coefficient (Wildman–Crippen LogP) is 1.22. The minimum absolute atomic E-state index is 0.00699. The molecule has 0 aliphatic carbocycles. The first-order chi connectivity index (χ1) is 5.06. The number of nitrogens with two attached hydrogens (primary N) is 1. The van der Waals surface area contributed by atoms with Crippen LogP contribution in [0.15, 0.2) is 12.1 Å². The Hall–Kier alpha value is -0.380. The van der Waals surface area contributed by atoms with Crippen molar-refractivity contribution in [1.82, 2.24) is 0 Å². The molecule has 0 saturated heterocycles. The third kappa shape index (κ3) is 1.80. The Morgan fingerprint density at radius 1 is 1.64 bits per heavy atom. The van der Waals surface area contributed by atoms with E-state index in [1.807, 2.05) is 26.0 Å². The topological polar surface area (TPSA) is 46.2 Å². The molecule has 3 N–H and O–H groups in total. The summed E-state index contributed by atoms with van der Waals surface area (Å²) >= 11 is 1.63. The van der Waals surface area contributed by atoms with Crippen molar-refractivity contribution >= 4 is 11.3 Å². The van der Waals surface area contributed by atoms with Crippen molar-refractivity contribution in [2.75, 3.05) is 6.61 Å². The summed E-state index contributed by atoms with van der Waals surface area (Å²) in [5.41, 5.74) is 5.24. The van der Waals surface area contributed by atoms with E-state index in [9.17, 15) is 0 Å². The van der Waals surface area contributed by atoms with Crippen LogP contribution in [0.3, 0.4) is 0 Å². The Morgan fingerprint density at radius 3 is 2.64 bits per heavy atom. The van der Waals surface area contributed by atoms with E-state index in [2.05, 4.69) is 0 Å². The molecular formula is C8H13NOS. The largest absolute Gasteiger partial charge is 0.394 e. The molecule has 0 spiro atoms. The number of aliphatic hydroxyl groups is 1. The zero-order valence-corrected chi connectivity index (χ0v) is 7.61. The smallest absolute Gasteiger partial charge is 0.0709 e. The van der Waals surface area contributed by atoms with E-state index in [0.29, 0.717) is 0 Å². The van der Waals surface area contributed by atoms with Crippen LogP contribution in [0, 0.1) is 6.92 Å². The van der Waals surface area contributed by atoms with Crippen LogP contribution in [-0.4, -0.2) is 11.7 Å². The summed E-state index contributed by atoms with van der Waals surface area (Å²) in [5.74, 6) is 0. The first-order valence-electron chi connectivity index (χ1n) is 3.53. The van der Waals surface area contributed by atoms with E-state index in [4.69, 9.17) is 10.8 Å². The standard InChI is InChI=1S/C8H13NOS/c1-6-3-4-7(11-6)8(2,9)5-10/h3-4,10H,5,9H2,1-2H3/t8-/m1/s1. The van der Waals surface area contributed by atoms with Crippen LogP contribution in [-0.2, 0) is 5.54 Å². The lowest BCUT2D eigenvalue weighted by molar-refractivity contribution is 0.212. The highest BCUT2D eigenvalue weighted by molar-refractivity contribution is 7.12. The minimum atomic E-state index is -0.571. The van der Waals surface area contributed by atoms with Gasteiger partial charge < -0.3 is 10.8 Å². The first-order valence-corrected chi connectivity index (χ1v) is 4.34. The average molecular weight is 171 g/mol. The predicted molar refractivity (Wildman–Crippen MR) is 47.7 cm³/mol. The first kappa shape index (κ1) is 8.71. The SMILES string of the molecule is Cc1ccc([C@](C)(N)CO)s1. The summed E-state index contributed by atoms with van der Waals surface area (Å²) in [5, 5.41) is 8.94. The number of thiophene rings is 1. The molecule has 0 bridgehead atoms. The van der Waals surface area contributed by atoms with Crippen LogP contribution >= 0.6 is 11.3 Å². The van der Waals surface area contributed by atoms with Crippen LogP contribution in [0.5, 0.6) is 0 Å². The average Bonchev–Trinajstić information content (AvgIpc) is 2.36. The molecule has 1 rings (SSSR count). The number of rotatable bonds is 2. The van der Waals surface area contributed by atoms with Crippen molar-refractivity contribution in [3.05, 3.63) is 21.9 Å². The molecule has 0 aliphatic heterocycles. The lowest BCUT2D eigenvalue weighted by Crippen LogP contribution is -2.35. The lowest BCUT2D eigenvalue weighted by Gasteiger charge is -2.19. The van der Waals surface area contributed by atoms with Crippen molar-refractivity contribution in [3.8, 4) is 0 Å². The molecule has 1 aromatic heterocycles. The molecule has 0 fully saturated rings. The Bertz CT molecular complexity index is 242. The van der Waals surface area contributed by atoms with Crippen molar-refractivity contribution in [3.63, 3.8) is 0 Å². The summed E-state index contributed by atoms with van der Waals surface area (Å²) in [4.78, 5) is 2.27. The van der Waals surface area contributed by atoms with E-state index in [1.54, 1.807) is 11.3 Å². The fraction of sp³-hybridized carbons (Fsp3) is 0.500. The summed E-state index contributed by atoms with van der Waals surface area (Å²) in [7, 11) is 0. The summed E-state index contributed by atoms with van der Waals surface area (Å²) in [6.45, 7) is 3.85. The summed E-state index contributed by atoms with van der Waals surface area (Å²) in [6, 6.07) is 3.98. The molecule has 0 aromatic carbocycles. The third-order valence-electron chi connectivity index (χ3n) is 1.63. The zero-order chi connectivity index (χ0) is 8.48. The maximum Gasteiger partial charge on any atom is 0.0709 e. The summed E-state index contributed by atoms with van der Waals surface area (Å²) < 4.78 is 0. The van der Waals surface area contributed by atoms with Gasteiger partial charge in [0.2, 0.25) is 0 Å². The number of aliphatic hydroxyl groups excluding tert-OH is 1. The van der Waals surface area contributed by atoms with Crippen LogP contribution in [0.1, 0.15) is 16.7 Å². The van der Waals surface area contributed by atoms with Crippen LogP contribution < -0.4 is 5.73 Å². The Balaban J connectivity index is 2.92. The van der Waals surface area contributed by atoms with Gasteiger partial charge in [-0.1, -0.05) is 0 Å². The van der Waals surface area contributed by atoms with Crippen LogP contribution in [0.25, 0.3) is 0 Å². The molecule has 0 unspecified atom stereocenters. The molecule has 1 aromatic rings. The number of aryl methyl sites for hydroxylation is 1. The second-order valence-electron chi connectivity index (χ2n) is 2.99. The molecule has 62 valence electrons. The van der Waals surface area contributed by atoms with Crippen LogP contribution in [0.4, 0.5) is 0 Å².